The third-order valence-electron chi connectivity index (χ3n) is 2.70. The highest BCUT2D eigenvalue weighted by atomic mass is 79.9. The number of fused-ring (bicyclic) bond motifs is 1. The number of ether oxygens (including phenoxy) is 2. The highest BCUT2D eigenvalue weighted by Crippen LogP contribution is 2.38. The Morgan fingerprint density at radius 3 is 2.50 bits per heavy atom. The van der Waals surface area contributed by atoms with Crippen LogP contribution in [0.4, 0.5) is 5.69 Å². The van der Waals surface area contributed by atoms with E-state index in [0.29, 0.717) is 35.3 Å². The predicted octanol–water partition coefficient (Wildman–Crippen LogP) is 4.30. The van der Waals surface area contributed by atoms with Crippen LogP contribution in [0.5, 0.6) is 11.5 Å². The van der Waals surface area contributed by atoms with Gasteiger partial charge in [-0.25, -0.2) is 0 Å². The average Bonchev–Trinajstić information content (AvgIpc) is 2.86. The monoisotopic (exact) mass is 417 g/mol. The van der Waals surface area contributed by atoms with Gasteiger partial charge in [0.15, 0.2) is 11.5 Å². The maximum atomic E-state index is 12.2. The van der Waals surface area contributed by atoms with Crippen molar-refractivity contribution in [2.75, 3.05) is 18.5 Å². The second kappa shape index (κ2) is 5.75. The van der Waals surface area contributed by atoms with E-state index in [-0.39, 0.29) is 5.91 Å². The van der Waals surface area contributed by atoms with Crippen molar-refractivity contribution in [3.05, 3.63) is 37.4 Å². The quantitative estimate of drug-likeness (QED) is 0.790. The second-order valence-corrected chi connectivity index (χ2v) is 6.65. The maximum absolute atomic E-state index is 12.2. The van der Waals surface area contributed by atoms with Crippen molar-refractivity contribution in [1.82, 2.24) is 0 Å². The van der Waals surface area contributed by atoms with E-state index in [9.17, 15) is 4.79 Å². The first kappa shape index (κ1) is 13.9. The Morgan fingerprint density at radius 1 is 1.15 bits per heavy atom. The van der Waals surface area contributed by atoms with Crippen LogP contribution >= 0.6 is 43.2 Å². The summed E-state index contributed by atoms with van der Waals surface area (Å²) < 4.78 is 12.5. The van der Waals surface area contributed by atoms with Gasteiger partial charge < -0.3 is 14.8 Å². The highest BCUT2D eigenvalue weighted by Gasteiger charge is 2.18. The van der Waals surface area contributed by atoms with Gasteiger partial charge in [0.2, 0.25) is 0 Å². The zero-order valence-corrected chi connectivity index (χ0v) is 14.1. The lowest BCUT2D eigenvalue weighted by atomic mass is 10.2. The Morgan fingerprint density at radius 2 is 1.85 bits per heavy atom. The van der Waals surface area contributed by atoms with Gasteiger partial charge in [-0.1, -0.05) is 0 Å². The summed E-state index contributed by atoms with van der Waals surface area (Å²) in [5, 5.41) is 4.72. The first-order valence-electron chi connectivity index (χ1n) is 5.78. The van der Waals surface area contributed by atoms with Gasteiger partial charge in [-0.15, -0.1) is 11.3 Å². The van der Waals surface area contributed by atoms with Crippen molar-refractivity contribution >= 4 is 54.8 Å². The van der Waals surface area contributed by atoms with Crippen molar-refractivity contribution in [1.29, 1.82) is 0 Å². The minimum absolute atomic E-state index is 0.163. The summed E-state index contributed by atoms with van der Waals surface area (Å²) in [5.41, 5.74) is 0.652. The van der Waals surface area contributed by atoms with Gasteiger partial charge in [0.1, 0.15) is 18.1 Å². The molecule has 2 aromatic rings. The molecule has 4 nitrogen and oxygen atoms in total. The van der Waals surface area contributed by atoms with E-state index in [0.717, 1.165) is 8.95 Å². The molecule has 7 heteroatoms. The number of thiophene rings is 1. The maximum Gasteiger partial charge on any atom is 0.266 e. The largest absolute Gasteiger partial charge is 0.486 e. The third-order valence-corrected chi connectivity index (χ3v) is 5.20. The molecule has 0 fully saturated rings. The molecule has 0 unspecified atom stereocenters. The van der Waals surface area contributed by atoms with E-state index in [2.05, 4.69) is 37.2 Å². The van der Waals surface area contributed by atoms with Crippen molar-refractivity contribution in [2.45, 2.75) is 0 Å². The van der Waals surface area contributed by atoms with Crippen LogP contribution in [0.1, 0.15) is 9.67 Å². The fraction of sp³-hybridized carbons (Fsp3) is 0.154. The van der Waals surface area contributed by atoms with E-state index >= 15 is 0 Å². The predicted molar refractivity (Wildman–Crippen MR) is 85.1 cm³/mol. The van der Waals surface area contributed by atoms with Crippen LogP contribution in [-0.4, -0.2) is 19.1 Å². The van der Waals surface area contributed by atoms with Gasteiger partial charge >= 0.3 is 0 Å². The molecule has 1 aromatic carbocycles. The third kappa shape index (κ3) is 2.70. The fourth-order valence-electron chi connectivity index (χ4n) is 1.79. The topological polar surface area (TPSA) is 47.6 Å². The van der Waals surface area contributed by atoms with Crippen LogP contribution in [0, 0.1) is 0 Å². The van der Waals surface area contributed by atoms with E-state index in [1.54, 1.807) is 12.1 Å². The lowest BCUT2D eigenvalue weighted by molar-refractivity contribution is 0.102. The smallest absolute Gasteiger partial charge is 0.266 e. The Hall–Kier alpha value is -1.05. The van der Waals surface area contributed by atoms with Crippen LogP contribution in [0.3, 0.4) is 0 Å². The second-order valence-electron chi connectivity index (χ2n) is 4.03. The zero-order valence-electron chi connectivity index (χ0n) is 10.1. The summed E-state index contributed by atoms with van der Waals surface area (Å²) in [6, 6.07) is 5.41. The molecule has 0 spiro atoms. The molecule has 1 amide bonds. The average molecular weight is 419 g/mol. The van der Waals surface area contributed by atoms with E-state index in [1.165, 1.54) is 11.3 Å². The molecule has 0 saturated heterocycles. The minimum atomic E-state index is -0.163. The van der Waals surface area contributed by atoms with Gasteiger partial charge in [0, 0.05) is 21.1 Å². The molecule has 1 aliphatic heterocycles. The van der Waals surface area contributed by atoms with Gasteiger partial charge in [-0.3, -0.25) is 4.79 Å². The molecule has 1 N–H and O–H groups in total. The molecule has 0 saturated carbocycles. The molecule has 104 valence electrons. The number of rotatable bonds is 2. The fourth-order valence-corrected chi connectivity index (χ4v) is 3.66. The van der Waals surface area contributed by atoms with E-state index in [1.807, 2.05) is 11.4 Å². The summed E-state index contributed by atoms with van der Waals surface area (Å²) in [5.74, 6) is 1.16. The lowest BCUT2D eigenvalue weighted by Gasteiger charge is -2.20. The number of carbonyl (C=O) groups is 1. The normalized spacial score (nSPS) is 13.1. The van der Waals surface area contributed by atoms with Crippen molar-refractivity contribution in [2.24, 2.45) is 0 Å². The summed E-state index contributed by atoms with van der Waals surface area (Å²) in [6.07, 6.45) is 0. The lowest BCUT2D eigenvalue weighted by Crippen LogP contribution is -2.16. The Bertz CT molecular complexity index is 672. The minimum Gasteiger partial charge on any atom is -0.486 e. The summed E-state index contributed by atoms with van der Waals surface area (Å²) in [6.45, 7) is 1.05. The highest BCUT2D eigenvalue weighted by molar-refractivity contribution is 9.11. The van der Waals surface area contributed by atoms with Crippen LogP contribution in [-0.2, 0) is 0 Å². The summed E-state index contributed by atoms with van der Waals surface area (Å²) >= 11 is 8.16. The number of halogens is 2. The van der Waals surface area contributed by atoms with E-state index < -0.39 is 0 Å². The molecule has 1 aliphatic rings. The standard InChI is InChI=1S/C13H9Br2NO3S/c14-7-1-4-20-12(7)13(17)16-9-6-11-10(5-8(9)15)18-2-3-19-11/h1,4-6H,2-3H2,(H,16,17). The van der Waals surface area contributed by atoms with Crippen LogP contribution < -0.4 is 14.8 Å². The van der Waals surface area contributed by atoms with Crippen molar-refractivity contribution < 1.29 is 14.3 Å². The molecule has 3 rings (SSSR count). The van der Waals surface area contributed by atoms with Crippen LogP contribution in [0.15, 0.2) is 32.5 Å². The molecular formula is C13H9Br2NO3S. The first-order valence-corrected chi connectivity index (χ1v) is 8.25. The van der Waals surface area contributed by atoms with Crippen molar-refractivity contribution in [3.63, 3.8) is 0 Å². The van der Waals surface area contributed by atoms with Crippen LogP contribution in [0.2, 0.25) is 0 Å². The number of amides is 1. The molecule has 1 aromatic heterocycles. The molecular weight excluding hydrogens is 410 g/mol. The molecule has 0 atom stereocenters. The molecule has 0 bridgehead atoms. The molecule has 0 aliphatic carbocycles. The van der Waals surface area contributed by atoms with E-state index in [4.69, 9.17) is 9.47 Å². The number of carbonyl (C=O) groups excluding carboxylic acids is 1. The first-order chi connectivity index (χ1) is 9.65. The number of nitrogens with one attached hydrogen (secondary N) is 1. The Labute approximate surface area is 136 Å². The van der Waals surface area contributed by atoms with Crippen LogP contribution in [0.25, 0.3) is 0 Å². The van der Waals surface area contributed by atoms with Gasteiger partial charge in [0.25, 0.3) is 5.91 Å². The molecule has 2 heterocycles. The van der Waals surface area contributed by atoms with Gasteiger partial charge in [-0.2, -0.15) is 0 Å². The number of hydrogen-bond acceptors (Lipinski definition) is 4. The Balaban J connectivity index is 1.87. The van der Waals surface area contributed by atoms with Gasteiger partial charge in [0.05, 0.1) is 5.69 Å². The number of benzene rings is 1. The molecule has 20 heavy (non-hydrogen) atoms. The SMILES string of the molecule is O=C(Nc1cc2c(cc1Br)OCCO2)c1sccc1Br. The number of hydrogen-bond donors (Lipinski definition) is 1. The van der Waals surface area contributed by atoms with Gasteiger partial charge in [-0.05, 0) is 43.3 Å². The summed E-state index contributed by atoms with van der Waals surface area (Å²) in [4.78, 5) is 12.8. The zero-order chi connectivity index (χ0) is 14.1. The Kier molecular flexibility index (Phi) is 4.00. The van der Waals surface area contributed by atoms with Crippen molar-refractivity contribution in [3.8, 4) is 11.5 Å². The molecule has 0 radical (unpaired) electrons. The summed E-state index contributed by atoms with van der Waals surface area (Å²) in [7, 11) is 0. The number of anilines is 1.